The molecule has 42 heavy (non-hydrogen) atoms. The number of carbonyl (C=O) groups is 6. The number of piperazine rings is 1. The minimum absolute atomic E-state index is 0.0598. The van der Waals surface area contributed by atoms with Gasteiger partial charge in [0.2, 0.25) is 35.4 Å². The number of carbonyl (C=O) groups excluding carboxylic acids is 6. The van der Waals surface area contributed by atoms with Crippen molar-refractivity contribution in [2.45, 2.75) is 76.3 Å². The van der Waals surface area contributed by atoms with E-state index in [1.54, 1.807) is 28.2 Å². The van der Waals surface area contributed by atoms with E-state index >= 15 is 0 Å². The van der Waals surface area contributed by atoms with Gasteiger partial charge in [0.1, 0.15) is 12.1 Å². The maximum Gasteiger partial charge on any atom is 0.243 e. The van der Waals surface area contributed by atoms with E-state index in [-0.39, 0.29) is 35.4 Å². The molecule has 1 saturated heterocycles. The second-order valence-corrected chi connectivity index (χ2v) is 10.5. The Morgan fingerprint density at radius 1 is 0.524 bits per heavy atom. The average Bonchev–Trinajstić information content (AvgIpc) is 2.99. The topological polar surface area (TPSA) is 181 Å². The van der Waals surface area contributed by atoms with Crippen LogP contribution in [0.2, 0.25) is 0 Å². The van der Waals surface area contributed by atoms with Crippen molar-refractivity contribution in [2.24, 2.45) is 0 Å². The molecule has 0 aromatic heterocycles. The monoisotopic (exact) mass is 596 g/mol. The first-order valence-corrected chi connectivity index (χ1v) is 15.0. The predicted octanol–water partition coefficient (Wildman–Crippen LogP) is -1.54. The van der Waals surface area contributed by atoms with E-state index in [1.165, 1.54) is 0 Å². The highest BCUT2D eigenvalue weighted by Gasteiger charge is 2.32. The van der Waals surface area contributed by atoms with Gasteiger partial charge >= 0.3 is 0 Å². The number of nitrogens with one attached hydrogen (secondary N) is 6. The highest BCUT2D eigenvalue weighted by atomic mass is 16.2. The van der Waals surface area contributed by atoms with Crippen LogP contribution < -0.4 is 31.9 Å². The van der Waals surface area contributed by atoms with E-state index in [2.05, 4.69) is 41.7 Å². The van der Waals surface area contributed by atoms with Crippen LogP contribution in [-0.2, 0) is 28.8 Å². The Hall–Kier alpha value is -3.26. The molecule has 0 aromatic rings. The van der Waals surface area contributed by atoms with Crippen LogP contribution in [-0.4, -0.2) is 125 Å². The number of hydrogen-bond donors (Lipinski definition) is 6. The van der Waals surface area contributed by atoms with Crippen molar-refractivity contribution in [3.8, 4) is 0 Å². The molecule has 1 aliphatic rings. The Labute approximate surface area is 249 Å². The molecule has 1 aliphatic heterocycles. The van der Waals surface area contributed by atoms with Crippen molar-refractivity contribution < 1.29 is 28.8 Å². The molecule has 0 radical (unpaired) electrons. The van der Waals surface area contributed by atoms with E-state index in [0.29, 0.717) is 90.6 Å². The van der Waals surface area contributed by atoms with Gasteiger partial charge in [-0.3, -0.25) is 28.8 Å². The zero-order valence-corrected chi connectivity index (χ0v) is 25.8. The Morgan fingerprint density at radius 2 is 0.810 bits per heavy atom. The summed E-state index contributed by atoms with van der Waals surface area (Å²) in [6.07, 6.45) is 5.34. The first-order valence-electron chi connectivity index (χ1n) is 15.0. The van der Waals surface area contributed by atoms with E-state index in [4.69, 9.17) is 0 Å². The lowest BCUT2D eigenvalue weighted by Gasteiger charge is -2.30. The second-order valence-electron chi connectivity index (χ2n) is 10.5. The lowest BCUT2D eigenvalue weighted by Crippen LogP contribution is -2.61. The SMILES string of the molecule is CNC(=O)CCN(CCCCC1NC(=O)C(CCCCN(CCC(=O)NC)CCC(=O)NC)NC1=O)CCC(=O)NC. The van der Waals surface area contributed by atoms with Crippen LogP contribution in [0.5, 0.6) is 0 Å². The minimum atomic E-state index is -0.580. The smallest absolute Gasteiger partial charge is 0.243 e. The summed E-state index contributed by atoms with van der Waals surface area (Å²) in [7, 11) is 6.37. The highest BCUT2D eigenvalue weighted by molar-refractivity contribution is 5.96. The van der Waals surface area contributed by atoms with Gasteiger partial charge in [-0.25, -0.2) is 0 Å². The number of rotatable bonds is 22. The number of hydrogen-bond acceptors (Lipinski definition) is 8. The summed E-state index contributed by atoms with van der Waals surface area (Å²) < 4.78 is 0. The van der Waals surface area contributed by atoms with Crippen LogP contribution in [0.1, 0.15) is 64.2 Å². The third-order valence-electron chi connectivity index (χ3n) is 7.44. The Bertz CT molecular complexity index is 776. The normalized spacial score (nSPS) is 16.5. The molecule has 0 saturated carbocycles. The largest absolute Gasteiger partial charge is 0.359 e. The van der Waals surface area contributed by atoms with Crippen LogP contribution in [0.4, 0.5) is 0 Å². The third-order valence-corrected chi connectivity index (χ3v) is 7.44. The molecule has 14 nitrogen and oxygen atoms in total. The highest BCUT2D eigenvalue weighted by Crippen LogP contribution is 2.12. The van der Waals surface area contributed by atoms with E-state index in [9.17, 15) is 28.8 Å². The van der Waals surface area contributed by atoms with Crippen molar-refractivity contribution >= 4 is 35.4 Å². The molecular weight excluding hydrogens is 544 g/mol. The minimum Gasteiger partial charge on any atom is -0.359 e. The molecule has 2 atom stereocenters. The summed E-state index contributed by atoms with van der Waals surface area (Å²) in [5.41, 5.74) is 0. The fourth-order valence-electron chi connectivity index (χ4n) is 4.66. The van der Waals surface area contributed by atoms with Gasteiger partial charge in [-0.05, 0) is 51.6 Å². The molecular formula is C28H52N8O6. The van der Waals surface area contributed by atoms with Gasteiger partial charge < -0.3 is 41.7 Å². The first-order chi connectivity index (χ1) is 20.1. The molecule has 2 unspecified atom stereocenters. The Morgan fingerprint density at radius 3 is 1.07 bits per heavy atom. The molecule has 6 amide bonds. The summed E-state index contributed by atoms with van der Waals surface area (Å²) in [5, 5.41) is 16.1. The molecule has 6 N–H and O–H groups in total. The van der Waals surface area contributed by atoms with Crippen LogP contribution in [0.25, 0.3) is 0 Å². The maximum atomic E-state index is 12.7. The quantitative estimate of drug-likeness (QED) is 0.0813. The standard InChI is InChI=1S/C28H52N8O6/c1-29-23(37)11-17-35(18-12-24(38)30-2)15-7-5-9-21-27(41)34-22(28(42)33-21)10-6-8-16-36(19-13-25(39)31-3)20-14-26(40)32-4/h21-22H,5-20H2,1-4H3,(H,29,37)(H,30,38)(H,31,39)(H,32,40)(H,33,42)(H,34,41). The summed E-state index contributed by atoms with van der Waals surface area (Å²) >= 11 is 0. The average molecular weight is 597 g/mol. The third kappa shape index (κ3) is 15.7. The van der Waals surface area contributed by atoms with Crippen molar-refractivity contribution in [1.82, 2.24) is 41.7 Å². The zero-order chi connectivity index (χ0) is 31.3. The zero-order valence-electron chi connectivity index (χ0n) is 25.8. The summed E-state index contributed by atoms with van der Waals surface area (Å²) in [5.74, 6) is -0.612. The van der Waals surface area contributed by atoms with Gasteiger partial charge in [-0.2, -0.15) is 0 Å². The van der Waals surface area contributed by atoms with Crippen LogP contribution in [0.15, 0.2) is 0 Å². The summed E-state index contributed by atoms with van der Waals surface area (Å²) in [6.45, 7) is 3.53. The number of amides is 6. The lowest BCUT2D eigenvalue weighted by molar-refractivity contribution is -0.137. The molecule has 0 bridgehead atoms. The van der Waals surface area contributed by atoms with E-state index in [1.807, 2.05) is 0 Å². The molecule has 240 valence electrons. The van der Waals surface area contributed by atoms with Crippen LogP contribution in [0, 0.1) is 0 Å². The van der Waals surface area contributed by atoms with E-state index < -0.39 is 12.1 Å². The van der Waals surface area contributed by atoms with Crippen molar-refractivity contribution in [2.75, 3.05) is 67.5 Å². The molecule has 0 aromatic carbocycles. The first kappa shape index (κ1) is 36.8. The van der Waals surface area contributed by atoms with E-state index in [0.717, 1.165) is 12.8 Å². The predicted molar refractivity (Wildman–Crippen MR) is 159 cm³/mol. The second kappa shape index (κ2) is 21.4. The van der Waals surface area contributed by atoms with Crippen molar-refractivity contribution in [1.29, 1.82) is 0 Å². The van der Waals surface area contributed by atoms with Gasteiger partial charge in [-0.1, -0.05) is 0 Å². The Kier molecular flexibility index (Phi) is 18.8. The molecule has 1 rings (SSSR count). The fraction of sp³-hybridized carbons (Fsp3) is 0.786. The molecule has 1 heterocycles. The van der Waals surface area contributed by atoms with Gasteiger partial charge in [0, 0.05) is 80.1 Å². The number of unbranched alkanes of at least 4 members (excludes halogenated alkanes) is 2. The van der Waals surface area contributed by atoms with Crippen molar-refractivity contribution in [3.63, 3.8) is 0 Å². The molecule has 1 fully saturated rings. The van der Waals surface area contributed by atoms with Gasteiger partial charge in [-0.15, -0.1) is 0 Å². The Balaban J connectivity index is 2.43. The molecule has 0 aliphatic carbocycles. The summed E-state index contributed by atoms with van der Waals surface area (Å²) in [4.78, 5) is 76.1. The van der Waals surface area contributed by atoms with Crippen molar-refractivity contribution in [3.05, 3.63) is 0 Å². The van der Waals surface area contributed by atoms with Crippen LogP contribution in [0.3, 0.4) is 0 Å². The van der Waals surface area contributed by atoms with Crippen LogP contribution >= 0.6 is 0 Å². The molecule has 14 heteroatoms. The van der Waals surface area contributed by atoms with Gasteiger partial charge in [0.15, 0.2) is 0 Å². The summed E-state index contributed by atoms with van der Waals surface area (Å²) in [6, 6.07) is -1.16. The maximum absolute atomic E-state index is 12.7. The lowest BCUT2D eigenvalue weighted by atomic mass is 10.0. The van der Waals surface area contributed by atoms with Gasteiger partial charge in [0.25, 0.3) is 0 Å². The fourth-order valence-corrected chi connectivity index (χ4v) is 4.66. The van der Waals surface area contributed by atoms with Gasteiger partial charge in [0.05, 0.1) is 0 Å². The number of nitrogens with zero attached hydrogens (tertiary/aromatic N) is 2. The molecule has 0 spiro atoms.